The summed E-state index contributed by atoms with van der Waals surface area (Å²) in [5, 5.41) is 0. The summed E-state index contributed by atoms with van der Waals surface area (Å²) in [6, 6.07) is 3.52. The van der Waals surface area contributed by atoms with E-state index in [9.17, 15) is 4.79 Å². The van der Waals surface area contributed by atoms with Crippen LogP contribution in [0, 0.1) is 14.4 Å². The van der Waals surface area contributed by atoms with Gasteiger partial charge in [0, 0.05) is 39.8 Å². The van der Waals surface area contributed by atoms with Crippen LogP contribution >= 0.6 is 24.0 Å². The van der Waals surface area contributed by atoms with Gasteiger partial charge in [-0.3, -0.25) is 9.69 Å². The standard InChI is InChI=1S/C10H8NO2S2.CH3.Y/c1-6-3-4-7(13-6)5-8-9(12)11(2)10(14)15-8;;/h3-5H,1H2,2H3;1H3;/q2*-1;/b8-5-;;. The first kappa shape index (κ1) is 16.9. The van der Waals surface area contributed by atoms with Crippen molar-refractivity contribution in [1.29, 1.82) is 0 Å². The van der Waals surface area contributed by atoms with E-state index >= 15 is 0 Å². The van der Waals surface area contributed by atoms with Crippen LogP contribution in [0.3, 0.4) is 0 Å². The van der Waals surface area contributed by atoms with E-state index in [4.69, 9.17) is 16.6 Å². The van der Waals surface area contributed by atoms with Gasteiger partial charge in [0.25, 0.3) is 5.91 Å². The van der Waals surface area contributed by atoms with Gasteiger partial charge in [-0.05, 0) is 11.8 Å². The Balaban J connectivity index is 0.00000128. The quantitative estimate of drug-likeness (QED) is 0.446. The number of likely N-dealkylation sites (N-methyl/N-ethyl adjacent to an activating group) is 1. The fraction of sp³-hybridized carbons (Fsp3) is 0.0909. The van der Waals surface area contributed by atoms with Crippen LogP contribution in [-0.2, 0) is 37.5 Å². The van der Waals surface area contributed by atoms with Crippen LogP contribution in [0.15, 0.2) is 21.5 Å². The molecule has 1 aromatic rings. The van der Waals surface area contributed by atoms with Gasteiger partial charge in [-0.15, -0.1) is 0 Å². The second kappa shape index (κ2) is 6.73. The molecule has 1 amide bonds. The van der Waals surface area contributed by atoms with Crippen LogP contribution in [0.2, 0.25) is 0 Å². The van der Waals surface area contributed by atoms with Crippen molar-refractivity contribution in [3.8, 4) is 0 Å². The Hall–Kier alpha value is -0.0961. The van der Waals surface area contributed by atoms with Gasteiger partial charge in [-0.2, -0.15) is 6.07 Å². The van der Waals surface area contributed by atoms with Gasteiger partial charge in [-0.25, -0.2) is 6.92 Å². The number of carbonyl (C=O) groups is 1. The zero-order chi connectivity index (χ0) is 11.0. The molecule has 1 saturated heterocycles. The number of nitrogens with zero attached hydrogens (tertiary/aromatic N) is 1. The zero-order valence-corrected chi connectivity index (χ0v) is 14.1. The van der Waals surface area contributed by atoms with Crippen LogP contribution in [0.4, 0.5) is 0 Å². The molecule has 0 spiro atoms. The van der Waals surface area contributed by atoms with Crippen LogP contribution in [0.25, 0.3) is 6.08 Å². The molecule has 17 heavy (non-hydrogen) atoms. The van der Waals surface area contributed by atoms with Crippen molar-refractivity contribution in [2.75, 3.05) is 7.05 Å². The molecule has 1 aliphatic rings. The molecule has 0 bridgehead atoms. The Morgan fingerprint density at radius 3 is 2.59 bits per heavy atom. The predicted octanol–water partition coefficient (Wildman–Crippen LogP) is 2.74. The maximum Gasteiger partial charge on any atom is 0.266 e. The molecule has 2 heterocycles. The Labute approximate surface area is 136 Å². The monoisotopic (exact) mass is 342 g/mol. The summed E-state index contributed by atoms with van der Waals surface area (Å²) < 4.78 is 5.81. The number of furan rings is 1. The number of carbonyl (C=O) groups excluding carboxylic acids is 1. The third-order valence-corrected chi connectivity index (χ3v) is 3.43. The van der Waals surface area contributed by atoms with E-state index in [1.54, 1.807) is 25.3 Å². The molecular formula is C11H11NO2S2Y-2. The van der Waals surface area contributed by atoms with E-state index in [-0.39, 0.29) is 46.0 Å². The molecule has 1 radical (unpaired) electrons. The van der Waals surface area contributed by atoms with Gasteiger partial charge in [0.05, 0.1) is 4.91 Å². The zero-order valence-electron chi connectivity index (χ0n) is 9.60. The van der Waals surface area contributed by atoms with E-state index in [1.807, 2.05) is 0 Å². The molecule has 1 aliphatic heterocycles. The van der Waals surface area contributed by atoms with Crippen LogP contribution < -0.4 is 0 Å². The second-order valence-corrected chi connectivity index (χ2v) is 4.72. The van der Waals surface area contributed by atoms with Crippen LogP contribution in [0.1, 0.15) is 11.5 Å². The normalized spacial score (nSPS) is 17.0. The van der Waals surface area contributed by atoms with Gasteiger partial charge in [-0.1, -0.05) is 30.0 Å². The van der Waals surface area contributed by atoms with Gasteiger partial charge in [0.1, 0.15) is 10.1 Å². The van der Waals surface area contributed by atoms with Gasteiger partial charge in [0.2, 0.25) is 0 Å². The third kappa shape index (κ3) is 3.68. The van der Waals surface area contributed by atoms with Crippen molar-refractivity contribution in [3.05, 3.63) is 42.9 Å². The molecule has 6 heteroatoms. The van der Waals surface area contributed by atoms with E-state index in [0.29, 0.717) is 20.7 Å². The number of amides is 1. The minimum absolute atomic E-state index is 0. The van der Waals surface area contributed by atoms with Gasteiger partial charge in [0.15, 0.2) is 0 Å². The molecule has 3 nitrogen and oxygen atoms in total. The maximum absolute atomic E-state index is 11.6. The van der Waals surface area contributed by atoms with Crippen molar-refractivity contribution in [2.45, 2.75) is 0 Å². The van der Waals surface area contributed by atoms with Crippen molar-refractivity contribution >= 4 is 40.3 Å². The Morgan fingerprint density at radius 2 is 2.18 bits per heavy atom. The number of rotatable bonds is 1. The average Bonchev–Trinajstić information content (AvgIpc) is 2.68. The Kier molecular flexibility index (Phi) is 6.70. The van der Waals surface area contributed by atoms with E-state index < -0.39 is 0 Å². The predicted molar refractivity (Wildman–Crippen MR) is 70.5 cm³/mol. The Morgan fingerprint density at radius 1 is 1.53 bits per heavy atom. The molecule has 0 atom stereocenters. The first-order chi connectivity index (χ1) is 7.08. The molecule has 2 rings (SSSR count). The van der Waals surface area contributed by atoms with Crippen molar-refractivity contribution in [1.82, 2.24) is 4.90 Å². The Bertz CT molecular complexity index is 468. The number of thiocarbonyl (C=S) groups is 1. The smallest absolute Gasteiger partial charge is 0.266 e. The van der Waals surface area contributed by atoms with Crippen molar-refractivity contribution < 1.29 is 41.9 Å². The molecule has 0 saturated carbocycles. The third-order valence-electron chi connectivity index (χ3n) is 1.94. The molecule has 1 fully saturated rings. The topological polar surface area (TPSA) is 33.5 Å². The maximum atomic E-state index is 11.6. The SMILES string of the molecule is [CH2-]c1ccc(/C=C2\SC(=S)N(C)C2=O)o1.[CH3-].[Y]. The first-order valence-electron chi connectivity index (χ1n) is 4.21. The minimum Gasteiger partial charge on any atom is -0.497 e. The minimum atomic E-state index is -0.0907. The summed E-state index contributed by atoms with van der Waals surface area (Å²) in [5.74, 6) is 1.11. The van der Waals surface area contributed by atoms with Crippen molar-refractivity contribution in [2.24, 2.45) is 0 Å². The van der Waals surface area contributed by atoms with Crippen molar-refractivity contribution in [3.63, 3.8) is 0 Å². The number of hydrogen-bond acceptors (Lipinski definition) is 4. The fourth-order valence-corrected chi connectivity index (χ4v) is 2.31. The van der Waals surface area contributed by atoms with E-state index in [1.165, 1.54) is 16.7 Å². The molecule has 0 aliphatic carbocycles. The van der Waals surface area contributed by atoms with Crippen LogP contribution in [-0.4, -0.2) is 22.2 Å². The summed E-state index contributed by atoms with van der Waals surface area (Å²) >= 11 is 6.28. The first-order valence-corrected chi connectivity index (χ1v) is 5.44. The second-order valence-electron chi connectivity index (χ2n) is 3.04. The number of hydrogen-bond donors (Lipinski definition) is 0. The molecular weight excluding hydrogens is 331 g/mol. The van der Waals surface area contributed by atoms with Gasteiger partial charge >= 0.3 is 0 Å². The largest absolute Gasteiger partial charge is 0.497 e. The molecule has 1 aromatic heterocycles. The summed E-state index contributed by atoms with van der Waals surface area (Å²) in [5.41, 5.74) is 0. The molecule has 0 unspecified atom stereocenters. The van der Waals surface area contributed by atoms with Crippen LogP contribution in [0.5, 0.6) is 0 Å². The summed E-state index contributed by atoms with van der Waals surface area (Å²) in [4.78, 5) is 13.6. The average molecular weight is 342 g/mol. The fourth-order valence-electron chi connectivity index (χ4n) is 1.15. The summed E-state index contributed by atoms with van der Waals surface area (Å²) in [7, 11) is 1.66. The molecule has 0 N–H and O–H groups in total. The molecule has 0 aromatic carbocycles. The van der Waals surface area contributed by atoms with Gasteiger partial charge < -0.3 is 11.8 Å². The number of thioether (sulfide) groups is 1. The van der Waals surface area contributed by atoms with E-state index in [2.05, 4.69) is 6.92 Å². The summed E-state index contributed by atoms with van der Waals surface area (Å²) in [6.45, 7) is 3.64. The molecule has 89 valence electrons. The summed E-state index contributed by atoms with van der Waals surface area (Å²) in [6.07, 6.45) is 1.68. The van der Waals surface area contributed by atoms with E-state index in [0.717, 1.165) is 0 Å².